The zero-order valence-electron chi connectivity index (χ0n) is 11.3. The molecule has 2 rings (SSSR count). The van der Waals surface area contributed by atoms with Crippen LogP contribution in [0.2, 0.25) is 0 Å². The number of hydrogen-bond acceptors (Lipinski definition) is 6. The first-order valence-corrected chi connectivity index (χ1v) is 6.14. The van der Waals surface area contributed by atoms with Gasteiger partial charge in [0.1, 0.15) is 17.8 Å². The summed E-state index contributed by atoms with van der Waals surface area (Å²) in [6.07, 6.45) is 2.11. The molecule has 0 aliphatic carbocycles. The summed E-state index contributed by atoms with van der Waals surface area (Å²) in [5.74, 6) is 0.109. The fraction of sp³-hybridized carbons (Fsp3) is 0.250. The van der Waals surface area contributed by atoms with Gasteiger partial charge in [0.25, 0.3) is 5.69 Å². The van der Waals surface area contributed by atoms with Crippen molar-refractivity contribution in [2.75, 3.05) is 11.9 Å². The summed E-state index contributed by atoms with van der Waals surface area (Å²) in [6, 6.07) is 3.95. The van der Waals surface area contributed by atoms with E-state index in [-0.39, 0.29) is 16.9 Å². The third kappa shape index (κ3) is 3.32. The van der Waals surface area contributed by atoms with E-state index in [2.05, 4.69) is 15.5 Å². The van der Waals surface area contributed by atoms with Crippen LogP contribution in [-0.2, 0) is 13.5 Å². The molecule has 0 spiro atoms. The van der Waals surface area contributed by atoms with Crippen molar-refractivity contribution < 1.29 is 9.72 Å². The molecule has 1 amide bonds. The second-order valence-corrected chi connectivity index (χ2v) is 4.39. The third-order valence-electron chi connectivity index (χ3n) is 2.95. The van der Waals surface area contributed by atoms with Crippen molar-refractivity contribution in [1.82, 2.24) is 14.8 Å². The van der Waals surface area contributed by atoms with Crippen LogP contribution in [0.4, 0.5) is 11.4 Å². The molecule has 0 saturated carbocycles. The average Bonchev–Trinajstić information content (AvgIpc) is 2.84. The SMILES string of the molecule is Cn1cnnc1CCNc1cc(C(N)=O)ccc1[N+](=O)[O-]. The molecule has 1 heterocycles. The van der Waals surface area contributed by atoms with Gasteiger partial charge in [-0.3, -0.25) is 14.9 Å². The van der Waals surface area contributed by atoms with E-state index in [0.29, 0.717) is 13.0 Å². The lowest BCUT2D eigenvalue weighted by molar-refractivity contribution is -0.384. The third-order valence-corrected chi connectivity index (χ3v) is 2.95. The number of anilines is 1. The Bertz CT molecular complexity index is 681. The number of amides is 1. The molecule has 3 N–H and O–H groups in total. The van der Waals surface area contributed by atoms with E-state index in [9.17, 15) is 14.9 Å². The Hall–Kier alpha value is -2.97. The number of nitrogens with one attached hydrogen (secondary N) is 1. The van der Waals surface area contributed by atoms with Gasteiger partial charge in [0, 0.05) is 31.6 Å². The maximum atomic E-state index is 11.1. The number of aromatic nitrogens is 3. The molecule has 9 heteroatoms. The predicted molar refractivity (Wildman–Crippen MR) is 74.8 cm³/mol. The van der Waals surface area contributed by atoms with Gasteiger partial charge in [0.2, 0.25) is 5.91 Å². The fourth-order valence-corrected chi connectivity index (χ4v) is 1.83. The van der Waals surface area contributed by atoms with Gasteiger partial charge in [0.15, 0.2) is 0 Å². The molecule has 0 atom stereocenters. The Kier molecular flexibility index (Phi) is 4.12. The van der Waals surface area contributed by atoms with Crippen molar-refractivity contribution in [2.24, 2.45) is 12.8 Å². The quantitative estimate of drug-likeness (QED) is 0.588. The molecular weight excluding hydrogens is 276 g/mol. The highest BCUT2D eigenvalue weighted by molar-refractivity contribution is 5.94. The predicted octanol–water partition coefficient (Wildman–Crippen LogP) is 0.477. The van der Waals surface area contributed by atoms with Crippen molar-refractivity contribution in [3.8, 4) is 0 Å². The second-order valence-electron chi connectivity index (χ2n) is 4.39. The molecule has 0 aliphatic rings. The molecular formula is C12H14N6O3. The average molecular weight is 290 g/mol. The molecule has 21 heavy (non-hydrogen) atoms. The second kappa shape index (κ2) is 5.99. The summed E-state index contributed by atoms with van der Waals surface area (Å²) >= 11 is 0. The maximum Gasteiger partial charge on any atom is 0.292 e. The number of primary amides is 1. The molecule has 0 unspecified atom stereocenters. The standard InChI is InChI=1S/C12H14N6O3/c1-17-7-15-16-11(17)4-5-14-9-6-8(12(13)19)2-3-10(9)18(20)21/h2-3,6-7,14H,4-5H2,1H3,(H2,13,19). The van der Waals surface area contributed by atoms with E-state index in [1.165, 1.54) is 18.2 Å². The van der Waals surface area contributed by atoms with Gasteiger partial charge in [-0.05, 0) is 12.1 Å². The largest absolute Gasteiger partial charge is 0.379 e. The van der Waals surface area contributed by atoms with Gasteiger partial charge in [-0.1, -0.05) is 0 Å². The van der Waals surface area contributed by atoms with Gasteiger partial charge in [-0.15, -0.1) is 10.2 Å². The van der Waals surface area contributed by atoms with E-state index in [0.717, 1.165) is 5.82 Å². The van der Waals surface area contributed by atoms with Crippen LogP contribution in [0.1, 0.15) is 16.2 Å². The van der Waals surface area contributed by atoms with Gasteiger partial charge >= 0.3 is 0 Å². The van der Waals surface area contributed by atoms with Crippen molar-refractivity contribution in [1.29, 1.82) is 0 Å². The molecule has 1 aromatic heterocycles. The summed E-state index contributed by atoms with van der Waals surface area (Å²) in [5, 5.41) is 21.6. The van der Waals surface area contributed by atoms with Crippen LogP contribution in [0.5, 0.6) is 0 Å². The van der Waals surface area contributed by atoms with Gasteiger partial charge in [-0.25, -0.2) is 0 Å². The molecule has 9 nitrogen and oxygen atoms in total. The summed E-state index contributed by atoms with van der Waals surface area (Å²) in [5.41, 5.74) is 5.52. The minimum absolute atomic E-state index is 0.113. The monoisotopic (exact) mass is 290 g/mol. The lowest BCUT2D eigenvalue weighted by atomic mass is 10.1. The van der Waals surface area contributed by atoms with Crippen molar-refractivity contribution >= 4 is 17.3 Å². The van der Waals surface area contributed by atoms with Gasteiger partial charge < -0.3 is 15.6 Å². The summed E-state index contributed by atoms with van der Waals surface area (Å²) in [4.78, 5) is 21.6. The zero-order chi connectivity index (χ0) is 15.4. The van der Waals surface area contributed by atoms with Crippen LogP contribution in [0, 0.1) is 10.1 Å². The molecule has 0 saturated heterocycles. The number of rotatable bonds is 6. The van der Waals surface area contributed by atoms with Crippen LogP contribution in [-0.4, -0.2) is 32.1 Å². The summed E-state index contributed by atoms with van der Waals surface area (Å²) in [7, 11) is 1.81. The Morgan fingerprint density at radius 2 is 2.29 bits per heavy atom. The number of nitro groups is 1. The topological polar surface area (TPSA) is 129 Å². The van der Waals surface area contributed by atoms with E-state index >= 15 is 0 Å². The number of aryl methyl sites for hydroxylation is 1. The smallest absolute Gasteiger partial charge is 0.292 e. The zero-order valence-corrected chi connectivity index (χ0v) is 11.3. The lowest BCUT2D eigenvalue weighted by Gasteiger charge is -2.08. The Morgan fingerprint density at radius 1 is 1.52 bits per heavy atom. The number of carbonyl (C=O) groups is 1. The number of nitrogens with zero attached hydrogens (tertiary/aromatic N) is 4. The van der Waals surface area contributed by atoms with Crippen LogP contribution in [0.3, 0.4) is 0 Å². The minimum Gasteiger partial charge on any atom is -0.379 e. The van der Waals surface area contributed by atoms with Gasteiger partial charge in [0.05, 0.1) is 4.92 Å². The summed E-state index contributed by atoms with van der Waals surface area (Å²) in [6.45, 7) is 0.412. The highest BCUT2D eigenvalue weighted by Crippen LogP contribution is 2.25. The van der Waals surface area contributed by atoms with Crippen molar-refractivity contribution in [3.63, 3.8) is 0 Å². The van der Waals surface area contributed by atoms with Crippen molar-refractivity contribution in [2.45, 2.75) is 6.42 Å². The van der Waals surface area contributed by atoms with E-state index in [1.54, 1.807) is 10.9 Å². The van der Waals surface area contributed by atoms with Gasteiger partial charge in [-0.2, -0.15) is 0 Å². The minimum atomic E-state index is -0.638. The molecule has 1 aromatic carbocycles. The van der Waals surface area contributed by atoms with Crippen LogP contribution in [0.25, 0.3) is 0 Å². The number of carbonyl (C=O) groups excluding carboxylic acids is 1. The van der Waals surface area contributed by atoms with Crippen LogP contribution >= 0.6 is 0 Å². The number of hydrogen-bond donors (Lipinski definition) is 2. The number of nitro benzene ring substituents is 1. The first kappa shape index (κ1) is 14.4. The lowest BCUT2D eigenvalue weighted by Crippen LogP contribution is -2.13. The fourth-order valence-electron chi connectivity index (χ4n) is 1.83. The number of nitrogens with two attached hydrogens (primary N) is 1. The summed E-state index contributed by atoms with van der Waals surface area (Å²) < 4.78 is 1.76. The first-order chi connectivity index (χ1) is 9.99. The van der Waals surface area contributed by atoms with E-state index in [1.807, 2.05) is 7.05 Å². The Morgan fingerprint density at radius 3 is 2.86 bits per heavy atom. The molecule has 0 radical (unpaired) electrons. The first-order valence-electron chi connectivity index (χ1n) is 6.14. The Balaban J connectivity index is 2.13. The molecule has 0 bridgehead atoms. The van der Waals surface area contributed by atoms with Crippen LogP contribution < -0.4 is 11.1 Å². The normalized spacial score (nSPS) is 10.3. The van der Waals surface area contributed by atoms with E-state index in [4.69, 9.17) is 5.73 Å². The van der Waals surface area contributed by atoms with E-state index < -0.39 is 10.8 Å². The molecule has 2 aromatic rings. The maximum absolute atomic E-state index is 11.1. The number of benzene rings is 1. The highest BCUT2D eigenvalue weighted by Gasteiger charge is 2.15. The highest BCUT2D eigenvalue weighted by atomic mass is 16.6. The van der Waals surface area contributed by atoms with Crippen LogP contribution in [0.15, 0.2) is 24.5 Å². The molecule has 110 valence electrons. The Labute approximate surface area is 119 Å². The van der Waals surface area contributed by atoms with Crippen molar-refractivity contribution in [3.05, 3.63) is 46.0 Å². The molecule has 0 aliphatic heterocycles. The molecule has 0 fully saturated rings.